The number of nitrogens with zero attached hydrogens (tertiary/aromatic N) is 2. The zero-order chi connectivity index (χ0) is 14.8. The third-order valence-electron chi connectivity index (χ3n) is 3.55. The number of benzene rings is 2. The maximum atomic E-state index is 9.30. The van der Waals surface area contributed by atoms with Crippen molar-refractivity contribution in [2.75, 3.05) is 0 Å². The predicted octanol–water partition coefficient (Wildman–Crippen LogP) is 3.10. The van der Waals surface area contributed by atoms with Crippen LogP contribution in [0.2, 0.25) is 0 Å². The molecule has 108 valence electrons. The number of fused-ring (bicyclic) bond motifs is 1. The Bertz CT molecular complexity index is 748. The van der Waals surface area contributed by atoms with Gasteiger partial charge in [-0.3, -0.25) is 0 Å². The second-order valence-electron chi connectivity index (χ2n) is 5.07. The van der Waals surface area contributed by atoms with Crippen LogP contribution in [0.25, 0.3) is 22.4 Å². The standard InChI is InChI=1S/C17H18N2O2/c1-2-10-19-15-9-8-13(17(20)21)11-14(15)18-16(19)12-6-4-3-5-7-12/h3-9,11,17,20-21H,2,10H2,1H3. The molecule has 4 heteroatoms. The number of aliphatic hydroxyl groups is 2. The summed E-state index contributed by atoms with van der Waals surface area (Å²) in [6, 6.07) is 15.4. The first kappa shape index (κ1) is 13.8. The van der Waals surface area contributed by atoms with Gasteiger partial charge in [-0.25, -0.2) is 4.98 Å². The number of aliphatic hydroxyl groups excluding tert-OH is 1. The summed E-state index contributed by atoms with van der Waals surface area (Å²) in [5, 5.41) is 18.6. The lowest BCUT2D eigenvalue weighted by Gasteiger charge is -2.08. The molecule has 0 aliphatic carbocycles. The number of hydrogen-bond acceptors (Lipinski definition) is 3. The van der Waals surface area contributed by atoms with Gasteiger partial charge in [-0.1, -0.05) is 43.3 Å². The molecule has 3 aromatic rings. The highest BCUT2D eigenvalue weighted by atomic mass is 16.5. The molecule has 0 radical (unpaired) electrons. The molecular formula is C17H18N2O2. The summed E-state index contributed by atoms with van der Waals surface area (Å²) in [7, 11) is 0. The number of imidazole rings is 1. The van der Waals surface area contributed by atoms with Gasteiger partial charge < -0.3 is 14.8 Å². The van der Waals surface area contributed by atoms with Crippen molar-refractivity contribution in [2.24, 2.45) is 0 Å². The molecule has 0 aliphatic heterocycles. The highest BCUT2D eigenvalue weighted by Crippen LogP contribution is 2.26. The van der Waals surface area contributed by atoms with E-state index in [1.165, 1.54) is 0 Å². The fourth-order valence-electron chi connectivity index (χ4n) is 2.56. The van der Waals surface area contributed by atoms with Crippen LogP contribution in [0.1, 0.15) is 25.2 Å². The Kier molecular flexibility index (Phi) is 3.73. The van der Waals surface area contributed by atoms with Crippen LogP contribution in [0, 0.1) is 0 Å². The van der Waals surface area contributed by atoms with Crippen molar-refractivity contribution in [3.63, 3.8) is 0 Å². The minimum absolute atomic E-state index is 0.461. The third kappa shape index (κ3) is 2.55. The molecule has 2 aromatic carbocycles. The van der Waals surface area contributed by atoms with E-state index in [0.29, 0.717) is 5.56 Å². The van der Waals surface area contributed by atoms with Crippen molar-refractivity contribution in [1.29, 1.82) is 0 Å². The Morgan fingerprint density at radius 3 is 2.52 bits per heavy atom. The lowest BCUT2D eigenvalue weighted by Crippen LogP contribution is -2.00. The Balaban J connectivity index is 2.21. The fourth-order valence-corrected chi connectivity index (χ4v) is 2.56. The molecule has 0 unspecified atom stereocenters. The molecule has 1 aromatic heterocycles. The number of hydrogen-bond donors (Lipinski definition) is 2. The lowest BCUT2D eigenvalue weighted by atomic mass is 10.2. The summed E-state index contributed by atoms with van der Waals surface area (Å²) < 4.78 is 2.18. The Morgan fingerprint density at radius 2 is 1.86 bits per heavy atom. The molecule has 3 rings (SSSR count). The first-order valence-corrected chi connectivity index (χ1v) is 7.12. The molecule has 2 N–H and O–H groups in total. The molecule has 21 heavy (non-hydrogen) atoms. The Hall–Kier alpha value is -2.17. The van der Waals surface area contributed by atoms with Crippen molar-refractivity contribution >= 4 is 11.0 Å². The Morgan fingerprint density at radius 1 is 1.10 bits per heavy atom. The van der Waals surface area contributed by atoms with Crippen molar-refractivity contribution in [3.8, 4) is 11.4 Å². The summed E-state index contributed by atoms with van der Waals surface area (Å²) in [5.41, 5.74) is 3.32. The van der Waals surface area contributed by atoms with Gasteiger partial charge in [0.15, 0.2) is 6.29 Å². The van der Waals surface area contributed by atoms with Gasteiger partial charge in [0.05, 0.1) is 11.0 Å². The predicted molar refractivity (Wildman–Crippen MR) is 82.6 cm³/mol. The second kappa shape index (κ2) is 5.68. The van der Waals surface area contributed by atoms with E-state index in [2.05, 4.69) is 16.5 Å². The van der Waals surface area contributed by atoms with Crippen LogP contribution >= 0.6 is 0 Å². The SMILES string of the molecule is CCCn1c(-c2ccccc2)nc2cc(C(O)O)ccc21. The van der Waals surface area contributed by atoms with E-state index in [1.54, 1.807) is 12.1 Å². The van der Waals surface area contributed by atoms with Crippen LogP contribution in [-0.2, 0) is 6.54 Å². The molecule has 0 aliphatic rings. The summed E-state index contributed by atoms with van der Waals surface area (Å²) in [4.78, 5) is 4.69. The molecule has 0 amide bonds. The highest BCUT2D eigenvalue weighted by Gasteiger charge is 2.13. The average Bonchev–Trinajstić information content (AvgIpc) is 2.86. The second-order valence-corrected chi connectivity index (χ2v) is 5.07. The molecule has 0 fully saturated rings. The quantitative estimate of drug-likeness (QED) is 0.723. The van der Waals surface area contributed by atoms with E-state index in [1.807, 2.05) is 36.4 Å². The molecule has 0 saturated heterocycles. The lowest BCUT2D eigenvalue weighted by molar-refractivity contribution is -0.0423. The van der Waals surface area contributed by atoms with Gasteiger partial charge in [0, 0.05) is 17.7 Å². The van der Waals surface area contributed by atoms with Crippen molar-refractivity contribution in [2.45, 2.75) is 26.2 Å². The Labute approximate surface area is 123 Å². The largest absolute Gasteiger partial charge is 0.364 e. The molecule has 0 spiro atoms. The first-order valence-electron chi connectivity index (χ1n) is 7.12. The van der Waals surface area contributed by atoms with Gasteiger partial charge in [0.2, 0.25) is 0 Å². The monoisotopic (exact) mass is 282 g/mol. The van der Waals surface area contributed by atoms with Gasteiger partial charge >= 0.3 is 0 Å². The van der Waals surface area contributed by atoms with E-state index < -0.39 is 6.29 Å². The number of aryl methyl sites for hydroxylation is 1. The van der Waals surface area contributed by atoms with E-state index in [-0.39, 0.29) is 0 Å². The van der Waals surface area contributed by atoms with Crippen molar-refractivity contribution in [3.05, 3.63) is 54.1 Å². The molecule has 4 nitrogen and oxygen atoms in total. The average molecular weight is 282 g/mol. The topological polar surface area (TPSA) is 58.3 Å². The van der Waals surface area contributed by atoms with Gasteiger partial charge in [0.1, 0.15) is 5.82 Å². The summed E-state index contributed by atoms with van der Waals surface area (Å²) in [6.45, 7) is 3.01. The molecule has 1 heterocycles. The van der Waals surface area contributed by atoms with Crippen LogP contribution in [0.4, 0.5) is 0 Å². The van der Waals surface area contributed by atoms with Gasteiger partial charge in [0.25, 0.3) is 0 Å². The number of rotatable bonds is 4. The maximum Gasteiger partial charge on any atom is 0.178 e. The van der Waals surface area contributed by atoms with E-state index in [4.69, 9.17) is 0 Å². The molecular weight excluding hydrogens is 264 g/mol. The van der Waals surface area contributed by atoms with Crippen molar-refractivity contribution < 1.29 is 10.2 Å². The van der Waals surface area contributed by atoms with E-state index >= 15 is 0 Å². The normalized spacial score (nSPS) is 11.4. The molecule has 0 saturated carbocycles. The minimum Gasteiger partial charge on any atom is -0.364 e. The van der Waals surface area contributed by atoms with Gasteiger partial charge in [-0.15, -0.1) is 0 Å². The van der Waals surface area contributed by atoms with E-state index in [9.17, 15) is 10.2 Å². The smallest absolute Gasteiger partial charge is 0.178 e. The van der Waals surface area contributed by atoms with Crippen LogP contribution in [0.15, 0.2) is 48.5 Å². The zero-order valence-electron chi connectivity index (χ0n) is 11.9. The third-order valence-corrected chi connectivity index (χ3v) is 3.55. The van der Waals surface area contributed by atoms with Crippen LogP contribution in [0.5, 0.6) is 0 Å². The zero-order valence-corrected chi connectivity index (χ0v) is 11.9. The molecule has 0 atom stereocenters. The van der Waals surface area contributed by atoms with Crippen LogP contribution < -0.4 is 0 Å². The fraction of sp³-hybridized carbons (Fsp3) is 0.235. The van der Waals surface area contributed by atoms with Crippen LogP contribution in [0.3, 0.4) is 0 Å². The first-order chi connectivity index (χ1) is 10.2. The van der Waals surface area contributed by atoms with Crippen LogP contribution in [-0.4, -0.2) is 19.8 Å². The summed E-state index contributed by atoms with van der Waals surface area (Å²) >= 11 is 0. The molecule has 0 bridgehead atoms. The maximum absolute atomic E-state index is 9.30. The summed E-state index contributed by atoms with van der Waals surface area (Å²) in [5.74, 6) is 0.914. The highest BCUT2D eigenvalue weighted by molar-refractivity contribution is 5.81. The summed E-state index contributed by atoms with van der Waals surface area (Å²) in [6.07, 6.45) is -0.457. The number of aromatic nitrogens is 2. The minimum atomic E-state index is -1.47. The van der Waals surface area contributed by atoms with Crippen molar-refractivity contribution in [1.82, 2.24) is 9.55 Å². The van der Waals surface area contributed by atoms with Gasteiger partial charge in [-0.2, -0.15) is 0 Å². The van der Waals surface area contributed by atoms with E-state index in [0.717, 1.165) is 35.4 Å². The van der Waals surface area contributed by atoms with Gasteiger partial charge in [-0.05, 0) is 18.6 Å².